The van der Waals surface area contributed by atoms with Crippen molar-refractivity contribution >= 4 is 0 Å². The van der Waals surface area contributed by atoms with Crippen LogP contribution in [0.15, 0.2) is 0 Å². The molecule has 72 valence electrons. The molecule has 1 heterocycles. The SMILES string of the molecule is CO[C@H]1CN(C)C[C@@H]1OC(C)C. The minimum Gasteiger partial charge on any atom is -0.377 e. The van der Waals surface area contributed by atoms with E-state index in [4.69, 9.17) is 9.47 Å². The van der Waals surface area contributed by atoms with Crippen LogP contribution in [0.3, 0.4) is 0 Å². The second-order valence-electron chi connectivity index (χ2n) is 3.72. The standard InChI is InChI=1S/C9H19NO2/c1-7(2)12-9-6-10(3)5-8(9)11-4/h7-9H,5-6H2,1-4H3/t8-,9-/m0/s1. The summed E-state index contributed by atoms with van der Waals surface area (Å²) in [5.74, 6) is 0. The minimum atomic E-state index is 0.248. The van der Waals surface area contributed by atoms with E-state index in [-0.39, 0.29) is 12.2 Å². The Bertz CT molecular complexity index is 138. The Labute approximate surface area is 74.6 Å². The fourth-order valence-corrected chi connectivity index (χ4v) is 1.63. The van der Waals surface area contributed by atoms with E-state index in [9.17, 15) is 0 Å². The first-order valence-electron chi connectivity index (χ1n) is 4.50. The van der Waals surface area contributed by atoms with E-state index in [1.165, 1.54) is 0 Å². The molecule has 0 bridgehead atoms. The Morgan fingerprint density at radius 2 is 1.83 bits per heavy atom. The van der Waals surface area contributed by atoms with Crippen LogP contribution < -0.4 is 0 Å². The highest BCUT2D eigenvalue weighted by Gasteiger charge is 2.31. The molecule has 12 heavy (non-hydrogen) atoms. The molecule has 1 saturated heterocycles. The van der Waals surface area contributed by atoms with Crippen molar-refractivity contribution in [1.29, 1.82) is 0 Å². The smallest absolute Gasteiger partial charge is 0.0978 e. The third-order valence-corrected chi connectivity index (χ3v) is 2.15. The summed E-state index contributed by atoms with van der Waals surface area (Å²) < 4.78 is 11.0. The zero-order valence-electron chi connectivity index (χ0n) is 8.41. The summed E-state index contributed by atoms with van der Waals surface area (Å²) in [6.45, 7) is 6.08. The van der Waals surface area contributed by atoms with Crippen molar-refractivity contribution < 1.29 is 9.47 Å². The van der Waals surface area contributed by atoms with Crippen molar-refractivity contribution in [3.63, 3.8) is 0 Å². The van der Waals surface area contributed by atoms with E-state index in [2.05, 4.69) is 25.8 Å². The van der Waals surface area contributed by atoms with E-state index in [0.29, 0.717) is 6.10 Å². The zero-order valence-corrected chi connectivity index (χ0v) is 8.41. The maximum atomic E-state index is 5.72. The molecule has 0 amide bonds. The number of nitrogens with zero attached hydrogens (tertiary/aromatic N) is 1. The molecule has 0 radical (unpaired) electrons. The largest absolute Gasteiger partial charge is 0.377 e. The molecule has 2 atom stereocenters. The topological polar surface area (TPSA) is 21.7 Å². The lowest BCUT2D eigenvalue weighted by atomic mass is 10.2. The second kappa shape index (κ2) is 4.21. The maximum absolute atomic E-state index is 5.72. The van der Waals surface area contributed by atoms with Crippen LogP contribution in [0.1, 0.15) is 13.8 Å². The normalized spacial score (nSPS) is 31.8. The lowest BCUT2D eigenvalue weighted by Gasteiger charge is -2.19. The molecule has 0 saturated carbocycles. The predicted octanol–water partition coefficient (Wildman–Crippen LogP) is 0.740. The van der Waals surface area contributed by atoms with Gasteiger partial charge in [-0.15, -0.1) is 0 Å². The van der Waals surface area contributed by atoms with E-state index in [0.717, 1.165) is 13.1 Å². The van der Waals surface area contributed by atoms with Crippen LogP contribution in [0.5, 0.6) is 0 Å². The number of hydrogen-bond acceptors (Lipinski definition) is 3. The third-order valence-electron chi connectivity index (χ3n) is 2.15. The van der Waals surface area contributed by atoms with Crippen LogP contribution in [-0.2, 0) is 9.47 Å². The van der Waals surface area contributed by atoms with Gasteiger partial charge < -0.3 is 14.4 Å². The van der Waals surface area contributed by atoms with Crippen molar-refractivity contribution in [3.05, 3.63) is 0 Å². The molecular formula is C9H19NO2. The first-order valence-corrected chi connectivity index (χ1v) is 4.50. The molecular weight excluding hydrogens is 154 g/mol. The molecule has 0 aromatic carbocycles. The molecule has 1 aliphatic rings. The van der Waals surface area contributed by atoms with Crippen molar-refractivity contribution in [2.75, 3.05) is 27.2 Å². The number of rotatable bonds is 3. The van der Waals surface area contributed by atoms with E-state index < -0.39 is 0 Å². The average molecular weight is 173 g/mol. The predicted molar refractivity (Wildman–Crippen MR) is 48.3 cm³/mol. The van der Waals surface area contributed by atoms with Gasteiger partial charge in [0.25, 0.3) is 0 Å². The van der Waals surface area contributed by atoms with Crippen LogP contribution in [0.4, 0.5) is 0 Å². The summed E-state index contributed by atoms with van der Waals surface area (Å²) in [4.78, 5) is 2.24. The Morgan fingerprint density at radius 3 is 2.33 bits per heavy atom. The van der Waals surface area contributed by atoms with Crippen LogP contribution >= 0.6 is 0 Å². The van der Waals surface area contributed by atoms with Gasteiger partial charge in [0, 0.05) is 20.2 Å². The van der Waals surface area contributed by atoms with Gasteiger partial charge >= 0.3 is 0 Å². The summed E-state index contributed by atoms with van der Waals surface area (Å²) in [5.41, 5.74) is 0. The maximum Gasteiger partial charge on any atom is 0.0978 e. The van der Waals surface area contributed by atoms with Gasteiger partial charge in [0.1, 0.15) is 0 Å². The van der Waals surface area contributed by atoms with Crippen molar-refractivity contribution in [2.45, 2.75) is 32.2 Å². The van der Waals surface area contributed by atoms with Gasteiger partial charge in [0.05, 0.1) is 18.3 Å². The first kappa shape index (κ1) is 9.96. The van der Waals surface area contributed by atoms with Crippen LogP contribution in [0, 0.1) is 0 Å². The monoisotopic (exact) mass is 173 g/mol. The Hall–Kier alpha value is -0.120. The van der Waals surface area contributed by atoms with Gasteiger partial charge in [-0.3, -0.25) is 0 Å². The summed E-state index contributed by atoms with van der Waals surface area (Å²) in [6.07, 6.45) is 0.788. The van der Waals surface area contributed by atoms with Gasteiger partial charge in [-0.2, -0.15) is 0 Å². The molecule has 3 nitrogen and oxygen atoms in total. The van der Waals surface area contributed by atoms with Crippen LogP contribution in [-0.4, -0.2) is 50.5 Å². The highest BCUT2D eigenvalue weighted by molar-refractivity contribution is 4.84. The van der Waals surface area contributed by atoms with E-state index >= 15 is 0 Å². The molecule has 0 unspecified atom stereocenters. The number of methoxy groups -OCH3 is 1. The lowest BCUT2D eigenvalue weighted by Crippen LogP contribution is -2.31. The summed E-state index contributed by atoms with van der Waals surface area (Å²) in [6, 6.07) is 0. The molecule has 0 aliphatic carbocycles. The number of likely N-dealkylation sites (N-methyl/N-ethyl adjacent to an activating group) is 1. The average Bonchev–Trinajstić information content (AvgIpc) is 2.29. The van der Waals surface area contributed by atoms with Crippen LogP contribution in [0.2, 0.25) is 0 Å². The van der Waals surface area contributed by atoms with Crippen molar-refractivity contribution in [3.8, 4) is 0 Å². The van der Waals surface area contributed by atoms with Crippen molar-refractivity contribution in [1.82, 2.24) is 4.90 Å². The number of likely N-dealkylation sites (tertiary alicyclic amines) is 1. The molecule has 0 spiro atoms. The van der Waals surface area contributed by atoms with Crippen molar-refractivity contribution in [2.24, 2.45) is 0 Å². The summed E-state index contributed by atoms with van der Waals surface area (Å²) >= 11 is 0. The Balaban J connectivity index is 2.40. The molecule has 1 aliphatic heterocycles. The molecule has 1 rings (SSSR count). The fraction of sp³-hybridized carbons (Fsp3) is 1.00. The van der Waals surface area contributed by atoms with E-state index in [1.807, 2.05) is 0 Å². The Morgan fingerprint density at radius 1 is 1.25 bits per heavy atom. The van der Waals surface area contributed by atoms with Gasteiger partial charge in [-0.25, -0.2) is 0 Å². The summed E-state index contributed by atoms with van der Waals surface area (Å²) in [7, 11) is 3.84. The second-order valence-corrected chi connectivity index (χ2v) is 3.72. The zero-order chi connectivity index (χ0) is 9.14. The highest BCUT2D eigenvalue weighted by Crippen LogP contribution is 2.15. The molecule has 3 heteroatoms. The van der Waals surface area contributed by atoms with Gasteiger partial charge in [-0.1, -0.05) is 0 Å². The van der Waals surface area contributed by atoms with Gasteiger partial charge in [-0.05, 0) is 20.9 Å². The van der Waals surface area contributed by atoms with Gasteiger partial charge in [0.2, 0.25) is 0 Å². The Kier molecular flexibility index (Phi) is 3.50. The first-order chi connectivity index (χ1) is 5.63. The molecule has 0 N–H and O–H groups in total. The third kappa shape index (κ3) is 2.44. The highest BCUT2D eigenvalue weighted by atomic mass is 16.5. The fourth-order valence-electron chi connectivity index (χ4n) is 1.63. The molecule has 0 aromatic rings. The number of hydrogen-bond donors (Lipinski definition) is 0. The van der Waals surface area contributed by atoms with E-state index in [1.54, 1.807) is 7.11 Å². The minimum absolute atomic E-state index is 0.248. The number of ether oxygens (including phenoxy) is 2. The lowest BCUT2D eigenvalue weighted by molar-refractivity contribution is -0.0540. The van der Waals surface area contributed by atoms with Crippen LogP contribution in [0.25, 0.3) is 0 Å². The quantitative estimate of drug-likeness (QED) is 0.628. The van der Waals surface area contributed by atoms with Gasteiger partial charge in [0.15, 0.2) is 0 Å². The molecule has 0 aromatic heterocycles. The molecule has 1 fully saturated rings. The summed E-state index contributed by atoms with van der Waals surface area (Å²) in [5, 5.41) is 0.